The highest BCUT2D eigenvalue weighted by atomic mass is 19.1. The molecular weight excluding hydrogens is 437 g/mol. The third-order valence-corrected chi connectivity index (χ3v) is 6.55. The van der Waals surface area contributed by atoms with E-state index >= 15 is 0 Å². The second-order valence-electron chi connectivity index (χ2n) is 9.57. The van der Waals surface area contributed by atoms with Crippen molar-refractivity contribution < 1.29 is 19.1 Å². The van der Waals surface area contributed by atoms with Crippen LogP contribution in [0.1, 0.15) is 61.1 Å². The maximum Gasteiger partial charge on any atom is 0.272 e. The number of aromatic nitrogens is 2. The molecule has 1 amide bonds. The zero-order valence-electron chi connectivity index (χ0n) is 19.5. The van der Waals surface area contributed by atoms with E-state index in [2.05, 4.69) is 4.98 Å². The number of nitrogens with one attached hydrogen (secondary N) is 1. The highest BCUT2D eigenvalue weighted by Gasteiger charge is 2.28. The third-order valence-electron chi connectivity index (χ3n) is 6.55. The van der Waals surface area contributed by atoms with Crippen LogP contribution >= 0.6 is 0 Å². The number of likely N-dealkylation sites (tertiary alicyclic amines) is 1. The molecule has 0 atom stereocenters. The minimum atomic E-state index is -0.949. The minimum Gasteiger partial charge on any atom is -0.386 e. The third kappa shape index (κ3) is 5.28. The van der Waals surface area contributed by atoms with Gasteiger partial charge in [0.05, 0.1) is 5.60 Å². The van der Waals surface area contributed by atoms with Gasteiger partial charge in [0, 0.05) is 55.1 Å². The number of piperidine rings is 1. The van der Waals surface area contributed by atoms with Crippen molar-refractivity contribution in [3.05, 3.63) is 75.7 Å². The van der Waals surface area contributed by atoms with E-state index in [1.54, 1.807) is 49.2 Å². The van der Waals surface area contributed by atoms with E-state index in [1.165, 1.54) is 16.7 Å². The number of aliphatic hydroxyl groups is 1. The van der Waals surface area contributed by atoms with E-state index in [9.17, 15) is 23.9 Å². The standard InChI is InChI=1S/C26H30FN3O4/c1-26(2,34)19-8-6-17(7-9-19)24(32)18-10-12-29(13-11-18)23(31)5-3-4-21-16-30-15-20(27)14-22(30)25(33)28-21/h6-9,14-16,18,34H,3-5,10-13H2,1-2H3,(H,28,33). The number of H-pyrrole nitrogens is 1. The summed E-state index contributed by atoms with van der Waals surface area (Å²) < 4.78 is 14.8. The van der Waals surface area contributed by atoms with Crippen molar-refractivity contribution in [1.29, 1.82) is 0 Å². The number of rotatable bonds is 7. The van der Waals surface area contributed by atoms with Gasteiger partial charge in [-0.1, -0.05) is 24.3 Å². The number of aryl methyl sites for hydroxylation is 1. The molecule has 0 bridgehead atoms. The molecule has 0 aliphatic carbocycles. The first-order chi connectivity index (χ1) is 16.1. The van der Waals surface area contributed by atoms with Crippen molar-refractivity contribution in [2.45, 2.75) is 51.6 Å². The maximum atomic E-state index is 13.4. The molecule has 34 heavy (non-hydrogen) atoms. The zero-order chi connectivity index (χ0) is 24.5. The topological polar surface area (TPSA) is 94.9 Å². The number of benzene rings is 1. The van der Waals surface area contributed by atoms with Gasteiger partial charge in [0.25, 0.3) is 5.56 Å². The van der Waals surface area contributed by atoms with Gasteiger partial charge in [-0.15, -0.1) is 0 Å². The van der Waals surface area contributed by atoms with Crippen LogP contribution in [0.4, 0.5) is 4.39 Å². The Labute approximate surface area is 197 Å². The first-order valence-electron chi connectivity index (χ1n) is 11.7. The van der Waals surface area contributed by atoms with Crippen molar-refractivity contribution in [1.82, 2.24) is 14.3 Å². The number of hydrogen-bond donors (Lipinski definition) is 2. The molecule has 3 heterocycles. The van der Waals surface area contributed by atoms with Gasteiger partial charge in [-0.3, -0.25) is 14.4 Å². The average molecular weight is 468 g/mol. The van der Waals surface area contributed by atoms with E-state index in [0.717, 1.165) is 5.56 Å². The van der Waals surface area contributed by atoms with E-state index in [1.807, 2.05) is 0 Å². The highest BCUT2D eigenvalue weighted by molar-refractivity contribution is 5.98. The molecule has 180 valence electrons. The van der Waals surface area contributed by atoms with Crippen LogP contribution in [0.3, 0.4) is 0 Å². The fraction of sp³-hybridized carbons (Fsp3) is 0.423. The van der Waals surface area contributed by atoms with Gasteiger partial charge in [-0.2, -0.15) is 0 Å². The Morgan fingerprint density at radius 1 is 1.15 bits per heavy atom. The van der Waals surface area contributed by atoms with Crippen LogP contribution in [0.15, 0.2) is 47.5 Å². The van der Waals surface area contributed by atoms with E-state index in [-0.39, 0.29) is 28.7 Å². The smallest absolute Gasteiger partial charge is 0.272 e. The highest BCUT2D eigenvalue weighted by Crippen LogP contribution is 2.25. The molecule has 1 fully saturated rings. The van der Waals surface area contributed by atoms with E-state index in [4.69, 9.17) is 0 Å². The number of fused-ring (bicyclic) bond motifs is 1. The number of aromatic amines is 1. The second kappa shape index (κ2) is 9.54. The largest absolute Gasteiger partial charge is 0.386 e. The molecule has 1 saturated heterocycles. The molecule has 2 aromatic heterocycles. The monoisotopic (exact) mass is 467 g/mol. The van der Waals surface area contributed by atoms with Crippen LogP contribution in [0.5, 0.6) is 0 Å². The van der Waals surface area contributed by atoms with E-state index < -0.39 is 11.4 Å². The normalized spacial score (nSPS) is 15.1. The average Bonchev–Trinajstić information content (AvgIpc) is 3.19. The summed E-state index contributed by atoms with van der Waals surface area (Å²) >= 11 is 0. The molecular formula is C26H30FN3O4. The molecule has 1 aliphatic rings. The summed E-state index contributed by atoms with van der Waals surface area (Å²) in [6.45, 7) is 4.50. The molecule has 1 aromatic carbocycles. The van der Waals surface area contributed by atoms with Crippen LogP contribution in [0.25, 0.3) is 5.52 Å². The lowest BCUT2D eigenvalue weighted by atomic mass is 9.87. The summed E-state index contributed by atoms with van der Waals surface area (Å²) in [6, 6.07) is 8.27. The fourth-order valence-electron chi connectivity index (χ4n) is 4.53. The zero-order valence-corrected chi connectivity index (χ0v) is 19.5. The number of nitrogens with zero attached hydrogens (tertiary/aromatic N) is 2. The molecule has 2 N–H and O–H groups in total. The molecule has 0 spiro atoms. The molecule has 7 nitrogen and oxygen atoms in total. The van der Waals surface area contributed by atoms with Crippen molar-refractivity contribution in [3.63, 3.8) is 0 Å². The predicted octanol–water partition coefficient (Wildman–Crippen LogP) is 3.44. The lowest BCUT2D eigenvalue weighted by molar-refractivity contribution is -0.132. The molecule has 1 aliphatic heterocycles. The van der Waals surface area contributed by atoms with Crippen molar-refractivity contribution in [2.75, 3.05) is 13.1 Å². The molecule has 0 saturated carbocycles. The fourth-order valence-corrected chi connectivity index (χ4v) is 4.53. The summed E-state index contributed by atoms with van der Waals surface area (Å²) in [5.74, 6) is -0.465. The Kier molecular flexibility index (Phi) is 6.70. The van der Waals surface area contributed by atoms with Crippen molar-refractivity contribution in [3.8, 4) is 0 Å². The molecule has 8 heteroatoms. The van der Waals surface area contributed by atoms with Gasteiger partial charge in [0.2, 0.25) is 5.91 Å². The van der Waals surface area contributed by atoms with Crippen LogP contribution in [-0.2, 0) is 16.8 Å². The number of ketones is 1. The van der Waals surface area contributed by atoms with Gasteiger partial charge in [0.15, 0.2) is 5.78 Å². The van der Waals surface area contributed by atoms with Crippen molar-refractivity contribution in [2.24, 2.45) is 5.92 Å². The van der Waals surface area contributed by atoms with Gasteiger partial charge in [-0.25, -0.2) is 4.39 Å². The van der Waals surface area contributed by atoms with Gasteiger partial charge in [0.1, 0.15) is 11.3 Å². The second-order valence-corrected chi connectivity index (χ2v) is 9.57. The van der Waals surface area contributed by atoms with Crippen LogP contribution in [0.2, 0.25) is 0 Å². The van der Waals surface area contributed by atoms with Gasteiger partial charge in [-0.05, 0) is 45.1 Å². The first-order valence-corrected chi connectivity index (χ1v) is 11.7. The minimum absolute atomic E-state index is 0.0378. The summed E-state index contributed by atoms with van der Waals surface area (Å²) in [5.41, 5.74) is 0.994. The summed E-state index contributed by atoms with van der Waals surface area (Å²) in [6.07, 6.45) is 5.60. The SMILES string of the molecule is CC(C)(O)c1ccc(C(=O)C2CCN(C(=O)CCCc3cn4cc(F)cc4c(=O)[nH]3)CC2)cc1. The maximum absolute atomic E-state index is 13.4. The Morgan fingerprint density at radius 2 is 1.82 bits per heavy atom. The molecule has 3 aromatic rings. The number of hydrogen-bond acceptors (Lipinski definition) is 4. The lowest BCUT2D eigenvalue weighted by Crippen LogP contribution is -2.40. The number of carbonyl (C=O) groups is 2. The Bertz CT molecular complexity index is 1250. The van der Waals surface area contributed by atoms with Crippen LogP contribution < -0.4 is 5.56 Å². The summed E-state index contributed by atoms with van der Waals surface area (Å²) in [4.78, 5) is 42.1. The van der Waals surface area contributed by atoms with Crippen LogP contribution in [0, 0.1) is 11.7 Å². The lowest BCUT2D eigenvalue weighted by Gasteiger charge is -2.31. The number of amides is 1. The Balaban J connectivity index is 1.26. The van der Waals surface area contributed by atoms with E-state index in [0.29, 0.717) is 56.5 Å². The summed E-state index contributed by atoms with van der Waals surface area (Å²) in [7, 11) is 0. The first kappa shape index (κ1) is 23.9. The number of halogens is 1. The molecule has 0 unspecified atom stereocenters. The molecule has 0 radical (unpaired) electrons. The number of Topliss-reactive ketones (excluding diaryl/α,β-unsaturated/α-hetero) is 1. The van der Waals surface area contributed by atoms with Crippen molar-refractivity contribution >= 4 is 17.2 Å². The quantitative estimate of drug-likeness (QED) is 0.521. The van der Waals surface area contributed by atoms with Gasteiger partial charge >= 0.3 is 0 Å². The van der Waals surface area contributed by atoms with Crippen LogP contribution in [-0.4, -0.2) is 44.2 Å². The summed E-state index contributed by atoms with van der Waals surface area (Å²) in [5, 5.41) is 10.1. The number of carbonyl (C=O) groups excluding carboxylic acids is 2. The predicted molar refractivity (Wildman–Crippen MR) is 126 cm³/mol. The van der Waals surface area contributed by atoms with Gasteiger partial charge < -0.3 is 19.4 Å². The Morgan fingerprint density at radius 3 is 2.47 bits per heavy atom. The molecule has 4 rings (SSSR count). The Hall–Kier alpha value is -3.26.